The first kappa shape index (κ1) is 10.5. The van der Waals surface area contributed by atoms with Crippen LogP contribution in [0.3, 0.4) is 0 Å². The highest BCUT2D eigenvalue weighted by molar-refractivity contribution is 6.04. The average Bonchev–Trinajstić information content (AvgIpc) is 2.42. The monoisotopic (exact) mass is 198 g/mol. The van der Waals surface area contributed by atoms with Crippen molar-refractivity contribution < 1.29 is 9.59 Å². The fourth-order valence-corrected chi connectivity index (χ4v) is 1.13. The predicted molar refractivity (Wildman–Crippen MR) is 51.9 cm³/mol. The van der Waals surface area contributed by atoms with Crippen molar-refractivity contribution in [1.29, 1.82) is 0 Å². The van der Waals surface area contributed by atoms with Gasteiger partial charge >= 0.3 is 6.03 Å². The number of urea groups is 1. The Hall–Kier alpha value is -1.59. The third-order valence-electron chi connectivity index (χ3n) is 1.85. The van der Waals surface area contributed by atoms with Crippen LogP contribution in [0.1, 0.15) is 19.8 Å². The summed E-state index contributed by atoms with van der Waals surface area (Å²) in [4.78, 5) is 25.5. The van der Waals surface area contributed by atoms with E-state index in [9.17, 15) is 9.59 Å². The van der Waals surface area contributed by atoms with Gasteiger partial charge in [0, 0.05) is 6.54 Å². The van der Waals surface area contributed by atoms with Crippen molar-refractivity contribution in [3.8, 4) is 0 Å². The van der Waals surface area contributed by atoms with Gasteiger partial charge in [0.05, 0.1) is 12.5 Å². The van der Waals surface area contributed by atoms with Gasteiger partial charge < -0.3 is 16.4 Å². The lowest BCUT2D eigenvalue weighted by Gasteiger charge is -2.09. The summed E-state index contributed by atoms with van der Waals surface area (Å²) >= 11 is 0. The van der Waals surface area contributed by atoms with Gasteiger partial charge in [0.25, 0.3) is 0 Å². The van der Waals surface area contributed by atoms with Crippen LogP contribution in [0.5, 0.6) is 0 Å². The number of nitrogens with zero attached hydrogens (tertiary/aromatic N) is 1. The summed E-state index contributed by atoms with van der Waals surface area (Å²) < 4.78 is 0. The SMILES string of the molecule is CCCNC(=O)CC1NC(=O)N=C1N. The van der Waals surface area contributed by atoms with Gasteiger partial charge in [-0.3, -0.25) is 4.79 Å². The van der Waals surface area contributed by atoms with Gasteiger partial charge in [-0.15, -0.1) is 0 Å². The summed E-state index contributed by atoms with van der Waals surface area (Å²) in [5, 5.41) is 5.18. The number of carbonyl (C=O) groups excluding carboxylic acids is 2. The number of hydrogen-bond donors (Lipinski definition) is 3. The zero-order chi connectivity index (χ0) is 10.6. The fourth-order valence-electron chi connectivity index (χ4n) is 1.13. The Labute approximate surface area is 81.9 Å². The first-order chi connectivity index (χ1) is 6.63. The van der Waals surface area contributed by atoms with Crippen LogP contribution in [0.25, 0.3) is 0 Å². The summed E-state index contributed by atoms with van der Waals surface area (Å²) in [5.74, 6) is 0.0545. The molecule has 1 atom stereocenters. The Morgan fingerprint density at radius 3 is 2.93 bits per heavy atom. The Morgan fingerprint density at radius 2 is 2.43 bits per heavy atom. The third kappa shape index (κ3) is 2.72. The second-order valence-corrected chi connectivity index (χ2v) is 3.09. The van der Waals surface area contributed by atoms with Gasteiger partial charge in [0.2, 0.25) is 5.91 Å². The number of amidine groups is 1. The summed E-state index contributed by atoms with van der Waals surface area (Å²) in [6, 6.07) is -0.921. The molecule has 78 valence electrons. The normalized spacial score (nSPS) is 20.2. The molecule has 0 spiro atoms. The standard InChI is InChI=1S/C8H14N4O2/c1-2-3-10-6(13)4-5-7(9)12-8(14)11-5/h5H,2-4H2,1H3,(H,10,13)(H3,9,11,12,14). The minimum absolute atomic E-state index is 0.128. The molecule has 0 saturated carbocycles. The number of nitrogens with one attached hydrogen (secondary N) is 2. The van der Waals surface area contributed by atoms with Crippen molar-refractivity contribution >= 4 is 17.8 Å². The molecule has 0 aromatic heterocycles. The van der Waals surface area contributed by atoms with E-state index in [2.05, 4.69) is 15.6 Å². The van der Waals surface area contributed by atoms with Crippen LogP contribution in [0, 0.1) is 0 Å². The number of hydrogen-bond acceptors (Lipinski definition) is 3. The van der Waals surface area contributed by atoms with Gasteiger partial charge in [0.1, 0.15) is 5.84 Å². The van der Waals surface area contributed by atoms with Crippen molar-refractivity contribution in [2.24, 2.45) is 10.7 Å². The van der Waals surface area contributed by atoms with Crippen LogP contribution >= 0.6 is 0 Å². The molecular formula is C8H14N4O2. The highest BCUT2D eigenvalue weighted by atomic mass is 16.2. The zero-order valence-electron chi connectivity index (χ0n) is 8.04. The summed E-state index contributed by atoms with van der Waals surface area (Å²) in [6.45, 7) is 2.60. The molecule has 6 nitrogen and oxygen atoms in total. The molecule has 0 aromatic rings. The topological polar surface area (TPSA) is 96.6 Å². The lowest BCUT2D eigenvalue weighted by atomic mass is 10.2. The predicted octanol–water partition coefficient (Wildman–Crippen LogP) is -0.648. The van der Waals surface area contributed by atoms with E-state index >= 15 is 0 Å². The first-order valence-corrected chi connectivity index (χ1v) is 4.54. The molecule has 1 rings (SSSR count). The molecule has 0 aliphatic carbocycles. The van der Waals surface area contributed by atoms with Gasteiger partial charge in [-0.25, -0.2) is 4.79 Å². The molecule has 0 bridgehead atoms. The van der Waals surface area contributed by atoms with E-state index in [0.717, 1.165) is 6.42 Å². The van der Waals surface area contributed by atoms with Crippen molar-refractivity contribution in [2.45, 2.75) is 25.8 Å². The highest BCUT2D eigenvalue weighted by Crippen LogP contribution is 2.00. The maximum Gasteiger partial charge on any atom is 0.343 e. The summed E-state index contributed by atoms with van der Waals surface area (Å²) in [5.41, 5.74) is 5.43. The molecule has 1 heterocycles. The molecule has 1 unspecified atom stereocenters. The van der Waals surface area contributed by atoms with Gasteiger partial charge in [-0.2, -0.15) is 4.99 Å². The van der Waals surface area contributed by atoms with Gasteiger partial charge in [-0.05, 0) is 6.42 Å². The summed E-state index contributed by atoms with van der Waals surface area (Å²) in [6.07, 6.45) is 1.04. The molecule has 0 radical (unpaired) electrons. The second kappa shape index (κ2) is 4.59. The molecule has 1 aliphatic rings. The van der Waals surface area contributed by atoms with Crippen molar-refractivity contribution in [1.82, 2.24) is 10.6 Å². The minimum atomic E-state index is -0.476. The Kier molecular flexibility index (Phi) is 3.44. The Bertz CT molecular complexity index is 275. The van der Waals surface area contributed by atoms with Crippen LogP contribution < -0.4 is 16.4 Å². The number of amides is 3. The van der Waals surface area contributed by atoms with E-state index in [-0.39, 0.29) is 18.2 Å². The third-order valence-corrected chi connectivity index (χ3v) is 1.85. The van der Waals surface area contributed by atoms with Crippen molar-refractivity contribution in [3.05, 3.63) is 0 Å². The maximum absolute atomic E-state index is 11.2. The van der Waals surface area contributed by atoms with Crippen LogP contribution in [-0.4, -0.2) is 30.4 Å². The molecular weight excluding hydrogens is 184 g/mol. The average molecular weight is 198 g/mol. The number of carbonyl (C=O) groups is 2. The number of nitrogens with two attached hydrogens (primary N) is 1. The van der Waals surface area contributed by atoms with Crippen LogP contribution in [0.4, 0.5) is 4.79 Å². The van der Waals surface area contributed by atoms with E-state index in [4.69, 9.17) is 5.73 Å². The highest BCUT2D eigenvalue weighted by Gasteiger charge is 2.25. The Morgan fingerprint density at radius 1 is 1.71 bits per heavy atom. The fraction of sp³-hybridized carbons (Fsp3) is 0.625. The van der Waals surface area contributed by atoms with E-state index in [1.807, 2.05) is 6.92 Å². The molecule has 3 amide bonds. The molecule has 1 aliphatic heterocycles. The van der Waals surface area contributed by atoms with Gasteiger partial charge in [-0.1, -0.05) is 6.92 Å². The molecule has 14 heavy (non-hydrogen) atoms. The maximum atomic E-state index is 11.2. The summed E-state index contributed by atoms with van der Waals surface area (Å²) in [7, 11) is 0. The lowest BCUT2D eigenvalue weighted by molar-refractivity contribution is -0.121. The van der Waals surface area contributed by atoms with E-state index in [1.165, 1.54) is 0 Å². The van der Waals surface area contributed by atoms with Crippen molar-refractivity contribution in [3.63, 3.8) is 0 Å². The largest absolute Gasteiger partial charge is 0.385 e. The van der Waals surface area contributed by atoms with E-state index < -0.39 is 12.1 Å². The van der Waals surface area contributed by atoms with Crippen LogP contribution in [-0.2, 0) is 4.79 Å². The number of aliphatic imine (C=N–C) groups is 1. The molecule has 4 N–H and O–H groups in total. The first-order valence-electron chi connectivity index (χ1n) is 4.54. The molecule has 0 fully saturated rings. The molecule has 0 saturated heterocycles. The smallest absolute Gasteiger partial charge is 0.343 e. The van der Waals surface area contributed by atoms with E-state index in [1.54, 1.807) is 0 Å². The Balaban J connectivity index is 2.35. The quantitative estimate of drug-likeness (QED) is 0.560. The van der Waals surface area contributed by atoms with Crippen LogP contribution in [0.15, 0.2) is 4.99 Å². The lowest BCUT2D eigenvalue weighted by Crippen LogP contribution is -2.40. The van der Waals surface area contributed by atoms with E-state index in [0.29, 0.717) is 6.54 Å². The van der Waals surface area contributed by atoms with Crippen LogP contribution in [0.2, 0.25) is 0 Å². The zero-order valence-corrected chi connectivity index (χ0v) is 8.04. The van der Waals surface area contributed by atoms with Crippen molar-refractivity contribution in [2.75, 3.05) is 6.54 Å². The molecule has 6 heteroatoms. The van der Waals surface area contributed by atoms with Gasteiger partial charge in [0.15, 0.2) is 0 Å². The minimum Gasteiger partial charge on any atom is -0.385 e. The number of rotatable bonds is 4. The molecule has 0 aromatic carbocycles. The second-order valence-electron chi connectivity index (χ2n) is 3.09.